The number of hydrogen-bond donors (Lipinski definition) is 0. The fraction of sp³-hybridized carbons (Fsp3) is 0.312. The van der Waals surface area contributed by atoms with E-state index in [0.717, 1.165) is 17.8 Å². The topological polar surface area (TPSA) is 57.0 Å². The van der Waals surface area contributed by atoms with Crippen LogP contribution in [-0.2, 0) is 22.1 Å². The van der Waals surface area contributed by atoms with Gasteiger partial charge in [-0.15, -0.1) is 5.10 Å². The molecular weight excluding hydrogens is 323 g/mol. The van der Waals surface area contributed by atoms with Crippen molar-refractivity contribution < 1.29 is 22.7 Å². The molecule has 24 heavy (non-hydrogen) atoms. The van der Waals surface area contributed by atoms with Gasteiger partial charge in [-0.1, -0.05) is 5.21 Å². The van der Waals surface area contributed by atoms with Crippen LogP contribution in [0, 0.1) is 0 Å². The van der Waals surface area contributed by atoms with Crippen molar-refractivity contribution in [3.63, 3.8) is 0 Å². The molecule has 0 saturated heterocycles. The number of ether oxygens (including phenoxy) is 1. The summed E-state index contributed by atoms with van der Waals surface area (Å²) >= 11 is 0. The molecule has 126 valence electrons. The molecule has 0 spiro atoms. The molecule has 3 rings (SSSR count). The normalized spacial score (nSPS) is 14.1. The van der Waals surface area contributed by atoms with Crippen molar-refractivity contribution in [3.8, 4) is 5.69 Å². The van der Waals surface area contributed by atoms with E-state index in [1.165, 1.54) is 16.8 Å². The third-order valence-corrected chi connectivity index (χ3v) is 3.71. The number of carbonyl (C=O) groups is 1. The average Bonchev–Trinajstić information content (AvgIpc) is 2.97. The lowest BCUT2D eigenvalue weighted by Gasteiger charge is -2.14. The van der Waals surface area contributed by atoms with Gasteiger partial charge in [0.2, 0.25) is 0 Å². The molecule has 1 aromatic carbocycles. The van der Waals surface area contributed by atoms with Crippen LogP contribution in [0.1, 0.15) is 30.3 Å². The zero-order valence-electron chi connectivity index (χ0n) is 12.8. The molecule has 5 nitrogen and oxygen atoms in total. The van der Waals surface area contributed by atoms with Crippen LogP contribution >= 0.6 is 0 Å². The number of nitrogens with zero attached hydrogens (tertiary/aromatic N) is 3. The van der Waals surface area contributed by atoms with E-state index in [2.05, 4.69) is 10.3 Å². The summed E-state index contributed by atoms with van der Waals surface area (Å²) in [5.74, 6) is -0.382. The van der Waals surface area contributed by atoms with E-state index < -0.39 is 11.7 Å². The van der Waals surface area contributed by atoms with Crippen molar-refractivity contribution in [2.24, 2.45) is 0 Å². The molecule has 1 aliphatic carbocycles. The fourth-order valence-electron chi connectivity index (χ4n) is 2.53. The van der Waals surface area contributed by atoms with Crippen molar-refractivity contribution in [1.29, 1.82) is 0 Å². The second kappa shape index (κ2) is 6.10. The SMILES string of the molecule is CCOC(=O)C1=Cc2nnn(-c3ccc(C(F)(F)F)cc3)c2CC1. The van der Waals surface area contributed by atoms with Crippen LogP contribution in [0.5, 0.6) is 0 Å². The molecule has 1 aliphatic rings. The van der Waals surface area contributed by atoms with Crippen LogP contribution in [0.15, 0.2) is 29.8 Å². The Morgan fingerprint density at radius 2 is 1.96 bits per heavy atom. The van der Waals surface area contributed by atoms with E-state index in [1.807, 2.05) is 0 Å². The first-order valence-electron chi connectivity index (χ1n) is 7.40. The highest BCUT2D eigenvalue weighted by Crippen LogP contribution is 2.30. The van der Waals surface area contributed by atoms with E-state index in [4.69, 9.17) is 4.74 Å². The summed E-state index contributed by atoms with van der Waals surface area (Å²) in [6, 6.07) is 4.71. The van der Waals surface area contributed by atoms with Gasteiger partial charge in [-0.2, -0.15) is 13.2 Å². The molecule has 0 N–H and O–H groups in total. The molecule has 0 atom stereocenters. The summed E-state index contributed by atoms with van der Waals surface area (Å²) in [5.41, 5.74) is 1.57. The van der Waals surface area contributed by atoms with E-state index >= 15 is 0 Å². The van der Waals surface area contributed by atoms with Gasteiger partial charge >= 0.3 is 12.1 Å². The smallest absolute Gasteiger partial charge is 0.416 e. The maximum absolute atomic E-state index is 12.6. The van der Waals surface area contributed by atoms with Crippen molar-refractivity contribution in [3.05, 3.63) is 46.8 Å². The third-order valence-electron chi connectivity index (χ3n) is 3.71. The number of hydrogen-bond acceptors (Lipinski definition) is 4. The number of rotatable bonds is 3. The zero-order valence-corrected chi connectivity index (χ0v) is 12.8. The van der Waals surface area contributed by atoms with Crippen molar-refractivity contribution in [1.82, 2.24) is 15.0 Å². The molecule has 1 heterocycles. The van der Waals surface area contributed by atoms with Gasteiger partial charge in [0, 0.05) is 5.57 Å². The molecule has 1 aromatic heterocycles. The van der Waals surface area contributed by atoms with Gasteiger partial charge in [0.05, 0.1) is 23.6 Å². The highest BCUT2D eigenvalue weighted by Gasteiger charge is 2.30. The minimum Gasteiger partial charge on any atom is -0.463 e. The summed E-state index contributed by atoms with van der Waals surface area (Å²) in [7, 11) is 0. The Morgan fingerprint density at radius 3 is 2.58 bits per heavy atom. The van der Waals surface area contributed by atoms with Crippen LogP contribution < -0.4 is 0 Å². The van der Waals surface area contributed by atoms with E-state index in [1.54, 1.807) is 13.0 Å². The van der Waals surface area contributed by atoms with Gasteiger partial charge in [-0.05, 0) is 50.1 Å². The number of carbonyl (C=O) groups excluding carboxylic acids is 1. The summed E-state index contributed by atoms with van der Waals surface area (Å²) < 4.78 is 44.3. The predicted octanol–water partition coefficient (Wildman–Crippen LogP) is 3.18. The first-order valence-corrected chi connectivity index (χ1v) is 7.40. The summed E-state index contributed by atoms with van der Waals surface area (Å²) in [5, 5.41) is 7.99. The molecular formula is C16H14F3N3O2. The first kappa shape index (κ1) is 16.2. The van der Waals surface area contributed by atoms with E-state index in [0.29, 0.717) is 36.4 Å². The van der Waals surface area contributed by atoms with Crippen molar-refractivity contribution >= 4 is 12.0 Å². The molecule has 8 heteroatoms. The Balaban J connectivity index is 1.90. The number of benzene rings is 1. The predicted molar refractivity (Wildman–Crippen MR) is 79.3 cm³/mol. The highest BCUT2D eigenvalue weighted by atomic mass is 19.4. The van der Waals surface area contributed by atoms with Gasteiger partial charge in [-0.25, -0.2) is 9.48 Å². The fourth-order valence-corrected chi connectivity index (χ4v) is 2.53. The van der Waals surface area contributed by atoms with Crippen LogP contribution in [0.3, 0.4) is 0 Å². The highest BCUT2D eigenvalue weighted by molar-refractivity contribution is 5.94. The Bertz CT molecular complexity index is 792. The Kier molecular flexibility index (Phi) is 4.13. The second-order valence-electron chi connectivity index (χ2n) is 5.27. The van der Waals surface area contributed by atoms with Crippen LogP contribution in [0.4, 0.5) is 13.2 Å². The molecule has 0 aliphatic heterocycles. The lowest BCUT2D eigenvalue weighted by Crippen LogP contribution is -2.13. The lowest BCUT2D eigenvalue weighted by molar-refractivity contribution is -0.139. The largest absolute Gasteiger partial charge is 0.463 e. The molecule has 0 bridgehead atoms. The molecule has 0 radical (unpaired) electrons. The molecule has 2 aromatic rings. The standard InChI is InChI=1S/C16H14F3N3O2/c1-2-24-15(23)10-3-8-14-13(9-10)20-21-22(14)12-6-4-11(5-7-12)16(17,18)19/h4-7,9H,2-3,8H2,1H3. The Labute approximate surface area is 135 Å². The van der Waals surface area contributed by atoms with Gasteiger partial charge in [0.15, 0.2) is 0 Å². The maximum atomic E-state index is 12.6. The molecule has 0 amide bonds. The number of alkyl halides is 3. The number of aromatic nitrogens is 3. The van der Waals surface area contributed by atoms with Gasteiger partial charge in [0.1, 0.15) is 5.69 Å². The first-order chi connectivity index (χ1) is 11.4. The van der Waals surface area contributed by atoms with Gasteiger partial charge < -0.3 is 4.74 Å². The summed E-state index contributed by atoms with van der Waals surface area (Å²) in [6.07, 6.45) is -1.78. The second-order valence-corrected chi connectivity index (χ2v) is 5.27. The number of fused-ring (bicyclic) bond motifs is 1. The number of esters is 1. The van der Waals surface area contributed by atoms with Crippen LogP contribution in [0.2, 0.25) is 0 Å². The minimum atomic E-state index is -4.38. The monoisotopic (exact) mass is 337 g/mol. The molecule has 0 saturated carbocycles. The molecule has 0 unspecified atom stereocenters. The minimum absolute atomic E-state index is 0.293. The van der Waals surface area contributed by atoms with E-state index in [9.17, 15) is 18.0 Å². The lowest BCUT2D eigenvalue weighted by atomic mass is 10.00. The Hall–Kier alpha value is -2.64. The van der Waals surface area contributed by atoms with Crippen molar-refractivity contribution in [2.75, 3.05) is 6.61 Å². The van der Waals surface area contributed by atoms with Crippen LogP contribution in [-0.4, -0.2) is 27.6 Å². The van der Waals surface area contributed by atoms with Crippen LogP contribution in [0.25, 0.3) is 11.8 Å². The van der Waals surface area contributed by atoms with Gasteiger partial charge in [-0.3, -0.25) is 0 Å². The van der Waals surface area contributed by atoms with Gasteiger partial charge in [0.25, 0.3) is 0 Å². The van der Waals surface area contributed by atoms with E-state index in [-0.39, 0.29) is 5.97 Å². The molecule has 0 fully saturated rings. The number of halogens is 3. The maximum Gasteiger partial charge on any atom is 0.416 e. The third kappa shape index (κ3) is 3.04. The quantitative estimate of drug-likeness (QED) is 0.807. The summed E-state index contributed by atoms with van der Waals surface area (Å²) in [6.45, 7) is 2.02. The average molecular weight is 337 g/mol. The Morgan fingerprint density at radius 1 is 1.25 bits per heavy atom. The zero-order chi connectivity index (χ0) is 17.3. The van der Waals surface area contributed by atoms with Crippen molar-refractivity contribution in [2.45, 2.75) is 25.9 Å². The summed E-state index contributed by atoms with van der Waals surface area (Å²) in [4.78, 5) is 11.8.